The monoisotopic (exact) mass is 287 g/mol. The third-order valence-electron chi connectivity index (χ3n) is 3.60. The second-order valence-corrected chi connectivity index (χ2v) is 5.23. The second-order valence-electron chi connectivity index (χ2n) is 5.23. The highest BCUT2D eigenvalue weighted by Crippen LogP contribution is 2.12. The SMILES string of the molecule is CC[C@H](C)[C@H](NC(=O)CCOCC1CCCO1)C(=O)O. The number of carbonyl (C=O) groups is 2. The average Bonchev–Trinajstić information content (AvgIpc) is 2.93. The Labute approximate surface area is 119 Å². The van der Waals surface area contributed by atoms with Crippen molar-refractivity contribution >= 4 is 11.9 Å². The average molecular weight is 287 g/mol. The van der Waals surface area contributed by atoms with Gasteiger partial charge in [-0.25, -0.2) is 4.79 Å². The van der Waals surface area contributed by atoms with Gasteiger partial charge in [-0.2, -0.15) is 0 Å². The topological polar surface area (TPSA) is 84.9 Å². The van der Waals surface area contributed by atoms with Crippen LogP contribution < -0.4 is 5.32 Å². The van der Waals surface area contributed by atoms with Gasteiger partial charge in [-0.15, -0.1) is 0 Å². The number of hydrogen-bond donors (Lipinski definition) is 2. The molecule has 1 aliphatic heterocycles. The molecule has 3 atom stereocenters. The summed E-state index contributed by atoms with van der Waals surface area (Å²) in [4.78, 5) is 22.8. The summed E-state index contributed by atoms with van der Waals surface area (Å²) in [7, 11) is 0. The van der Waals surface area contributed by atoms with Crippen LogP contribution in [-0.4, -0.2) is 48.9 Å². The van der Waals surface area contributed by atoms with Crippen molar-refractivity contribution in [3.05, 3.63) is 0 Å². The molecule has 0 aromatic heterocycles. The van der Waals surface area contributed by atoms with Crippen LogP contribution in [0.15, 0.2) is 0 Å². The summed E-state index contributed by atoms with van der Waals surface area (Å²) in [6, 6.07) is -0.828. The van der Waals surface area contributed by atoms with Crippen molar-refractivity contribution in [1.29, 1.82) is 0 Å². The van der Waals surface area contributed by atoms with Gasteiger partial charge in [0.25, 0.3) is 0 Å². The third-order valence-corrected chi connectivity index (χ3v) is 3.60. The quantitative estimate of drug-likeness (QED) is 0.622. The second kappa shape index (κ2) is 8.92. The minimum absolute atomic E-state index is 0.0933. The number of aliphatic carboxylic acids is 1. The fraction of sp³-hybridized carbons (Fsp3) is 0.857. The van der Waals surface area contributed by atoms with Crippen molar-refractivity contribution in [3.63, 3.8) is 0 Å². The van der Waals surface area contributed by atoms with Crippen LogP contribution in [-0.2, 0) is 19.1 Å². The molecule has 0 spiro atoms. The molecular formula is C14H25NO5. The van der Waals surface area contributed by atoms with Gasteiger partial charge in [0.05, 0.1) is 19.3 Å². The molecule has 116 valence electrons. The van der Waals surface area contributed by atoms with Crippen molar-refractivity contribution in [1.82, 2.24) is 5.32 Å². The first kappa shape index (κ1) is 16.9. The Hall–Kier alpha value is -1.14. The summed E-state index contributed by atoms with van der Waals surface area (Å²) in [5, 5.41) is 11.6. The molecule has 0 aromatic carbocycles. The molecule has 6 heteroatoms. The first-order valence-corrected chi connectivity index (χ1v) is 7.26. The third kappa shape index (κ3) is 5.88. The normalized spacial score (nSPS) is 21.4. The van der Waals surface area contributed by atoms with Crippen LogP contribution in [0.4, 0.5) is 0 Å². The van der Waals surface area contributed by atoms with Gasteiger partial charge in [-0.1, -0.05) is 20.3 Å². The summed E-state index contributed by atoms with van der Waals surface area (Å²) in [6.45, 7) is 5.29. The zero-order chi connectivity index (χ0) is 15.0. The molecule has 0 aliphatic carbocycles. The van der Waals surface area contributed by atoms with E-state index in [0.29, 0.717) is 19.6 Å². The minimum atomic E-state index is -0.993. The van der Waals surface area contributed by atoms with Crippen LogP contribution in [0.1, 0.15) is 39.5 Å². The van der Waals surface area contributed by atoms with E-state index in [0.717, 1.165) is 19.4 Å². The lowest BCUT2D eigenvalue weighted by Crippen LogP contribution is -2.45. The van der Waals surface area contributed by atoms with Gasteiger partial charge >= 0.3 is 5.97 Å². The number of rotatable bonds is 9. The Kier molecular flexibility index (Phi) is 7.54. The Balaban J connectivity index is 2.18. The molecule has 2 N–H and O–H groups in total. The van der Waals surface area contributed by atoms with Crippen molar-refractivity contribution < 1.29 is 24.2 Å². The van der Waals surface area contributed by atoms with Crippen LogP contribution in [0.2, 0.25) is 0 Å². The molecule has 1 fully saturated rings. The van der Waals surface area contributed by atoms with E-state index in [2.05, 4.69) is 5.32 Å². The first-order chi connectivity index (χ1) is 9.54. The first-order valence-electron chi connectivity index (χ1n) is 7.26. The maximum absolute atomic E-state index is 11.7. The number of nitrogens with one attached hydrogen (secondary N) is 1. The lowest BCUT2D eigenvalue weighted by Gasteiger charge is -2.20. The molecule has 1 heterocycles. The van der Waals surface area contributed by atoms with Gasteiger partial charge in [-0.05, 0) is 18.8 Å². The van der Waals surface area contributed by atoms with Crippen LogP contribution >= 0.6 is 0 Å². The Morgan fingerprint density at radius 1 is 1.50 bits per heavy atom. The van der Waals surface area contributed by atoms with Crippen LogP contribution in [0.5, 0.6) is 0 Å². The van der Waals surface area contributed by atoms with Crippen molar-refractivity contribution in [2.24, 2.45) is 5.92 Å². The Morgan fingerprint density at radius 2 is 2.25 bits per heavy atom. The molecule has 0 radical (unpaired) electrons. The zero-order valence-corrected chi connectivity index (χ0v) is 12.3. The Bertz CT molecular complexity index is 315. The van der Waals surface area contributed by atoms with Gasteiger partial charge in [0, 0.05) is 13.0 Å². The lowest BCUT2D eigenvalue weighted by atomic mass is 9.99. The van der Waals surface area contributed by atoms with Crippen LogP contribution in [0.25, 0.3) is 0 Å². The van der Waals surface area contributed by atoms with E-state index in [4.69, 9.17) is 14.6 Å². The number of hydrogen-bond acceptors (Lipinski definition) is 4. The highest BCUT2D eigenvalue weighted by molar-refractivity contribution is 5.83. The van der Waals surface area contributed by atoms with Crippen molar-refractivity contribution in [3.8, 4) is 0 Å². The molecule has 1 unspecified atom stereocenters. The predicted molar refractivity (Wildman–Crippen MR) is 73.4 cm³/mol. The highest BCUT2D eigenvalue weighted by atomic mass is 16.5. The Morgan fingerprint density at radius 3 is 2.80 bits per heavy atom. The molecule has 0 bridgehead atoms. The van der Waals surface area contributed by atoms with E-state index in [1.807, 2.05) is 13.8 Å². The van der Waals surface area contributed by atoms with Gasteiger partial charge in [0.15, 0.2) is 0 Å². The fourth-order valence-electron chi connectivity index (χ4n) is 2.08. The lowest BCUT2D eigenvalue weighted by molar-refractivity contribution is -0.143. The van der Waals surface area contributed by atoms with E-state index in [1.54, 1.807) is 0 Å². The van der Waals surface area contributed by atoms with Gasteiger partial charge in [0.2, 0.25) is 5.91 Å². The number of ether oxygens (including phenoxy) is 2. The molecule has 0 aromatic rings. The summed E-state index contributed by atoms with van der Waals surface area (Å²) in [6.07, 6.45) is 3.08. The zero-order valence-electron chi connectivity index (χ0n) is 12.3. The molecule has 0 saturated carbocycles. The van der Waals surface area contributed by atoms with Crippen molar-refractivity contribution in [2.75, 3.05) is 19.8 Å². The van der Waals surface area contributed by atoms with E-state index >= 15 is 0 Å². The van der Waals surface area contributed by atoms with E-state index in [1.165, 1.54) is 0 Å². The molecule has 1 amide bonds. The molecule has 1 saturated heterocycles. The predicted octanol–water partition coefficient (Wildman–Crippen LogP) is 1.19. The van der Waals surface area contributed by atoms with Gasteiger partial charge in [-0.3, -0.25) is 4.79 Å². The largest absolute Gasteiger partial charge is 0.480 e. The summed E-state index contributed by atoms with van der Waals surface area (Å²) in [5.74, 6) is -1.37. The minimum Gasteiger partial charge on any atom is -0.480 e. The number of carbonyl (C=O) groups excluding carboxylic acids is 1. The number of carboxylic acid groups (broad SMARTS) is 1. The standard InChI is InChI=1S/C14H25NO5/c1-3-10(2)13(14(17)18)15-12(16)6-8-19-9-11-5-4-7-20-11/h10-11,13H,3-9H2,1-2H3,(H,15,16)(H,17,18)/t10-,11?,13-/m0/s1. The molecule has 1 rings (SSSR count). The van der Waals surface area contributed by atoms with E-state index in [9.17, 15) is 9.59 Å². The van der Waals surface area contributed by atoms with Crippen molar-refractivity contribution in [2.45, 2.75) is 51.7 Å². The fourth-order valence-corrected chi connectivity index (χ4v) is 2.08. The summed E-state index contributed by atoms with van der Waals surface area (Å²) in [5.41, 5.74) is 0. The van der Waals surface area contributed by atoms with Crippen LogP contribution in [0, 0.1) is 5.92 Å². The summed E-state index contributed by atoms with van der Waals surface area (Å²) < 4.78 is 10.8. The highest BCUT2D eigenvalue weighted by Gasteiger charge is 2.25. The maximum atomic E-state index is 11.7. The van der Waals surface area contributed by atoms with Gasteiger partial charge in [0.1, 0.15) is 6.04 Å². The van der Waals surface area contributed by atoms with E-state index in [-0.39, 0.29) is 24.3 Å². The smallest absolute Gasteiger partial charge is 0.326 e. The van der Waals surface area contributed by atoms with Gasteiger partial charge < -0.3 is 19.9 Å². The molecular weight excluding hydrogens is 262 g/mol. The summed E-state index contributed by atoms with van der Waals surface area (Å²) >= 11 is 0. The van der Waals surface area contributed by atoms with Crippen LogP contribution in [0.3, 0.4) is 0 Å². The van der Waals surface area contributed by atoms with E-state index < -0.39 is 12.0 Å². The molecule has 20 heavy (non-hydrogen) atoms. The molecule has 6 nitrogen and oxygen atoms in total. The molecule has 1 aliphatic rings. The number of amides is 1. The maximum Gasteiger partial charge on any atom is 0.326 e. The number of carboxylic acids is 1.